The van der Waals surface area contributed by atoms with Crippen molar-refractivity contribution in [3.05, 3.63) is 65.9 Å². The number of halogens is 2. The maximum Gasteiger partial charge on any atom is 0.280 e. The number of hydrogen-bond donors (Lipinski definition) is 0. The predicted molar refractivity (Wildman–Crippen MR) is 94.1 cm³/mol. The fraction of sp³-hybridized carbons (Fsp3) is 0.158. The van der Waals surface area contributed by atoms with Gasteiger partial charge in [-0.1, -0.05) is 48.5 Å². The van der Waals surface area contributed by atoms with Crippen LogP contribution in [-0.4, -0.2) is 25.1 Å². The Morgan fingerprint density at radius 2 is 1.67 bits per heavy atom. The van der Waals surface area contributed by atoms with Crippen LogP contribution in [0.25, 0.3) is 28.7 Å². The van der Waals surface area contributed by atoms with Crippen LogP contribution in [0.2, 0.25) is 0 Å². The SMILES string of the molecule is CC(C)c1c(-c2nc(-c3ccccc3F)no2)nnn1-c1ccccc1F. The van der Waals surface area contributed by atoms with Crippen LogP contribution in [0, 0.1) is 11.6 Å². The van der Waals surface area contributed by atoms with Gasteiger partial charge in [0.25, 0.3) is 5.89 Å². The molecular formula is C19H15F2N5O. The molecule has 6 nitrogen and oxygen atoms in total. The molecule has 8 heteroatoms. The monoisotopic (exact) mass is 367 g/mol. The molecular weight excluding hydrogens is 352 g/mol. The number of nitrogens with zero attached hydrogens (tertiary/aromatic N) is 5. The second kappa shape index (κ2) is 6.71. The fourth-order valence-corrected chi connectivity index (χ4v) is 2.83. The zero-order chi connectivity index (χ0) is 19.0. The fourth-order valence-electron chi connectivity index (χ4n) is 2.83. The predicted octanol–water partition coefficient (Wildman–Crippen LogP) is 4.39. The van der Waals surface area contributed by atoms with E-state index in [-0.39, 0.29) is 28.9 Å². The second-order valence-electron chi connectivity index (χ2n) is 6.24. The highest BCUT2D eigenvalue weighted by Crippen LogP contribution is 2.30. The van der Waals surface area contributed by atoms with Crippen molar-refractivity contribution in [2.75, 3.05) is 0 Å². The van der Waals surface area contributed by atoms with Crippen LogP contribution in [0.5, 0.6) is 0 Å². The third kappa shape index (κ3) is 2.99. The summed E-state index contributed by atoms with van der Waals surface area (Å²) in [7, 11) is 0. The summed E-state index contributed by atoms with van der Waals surface area (Å²) < 4.78 is 34.9. The maximum atomic E-state index is 14.2. The first kappa shape index (κ1) is 17.0. The van der Waals surface area contributed by atoms with Crippen LogP contribution in [0.3, 0.4) is 0 Å². The highest BCUT2D eigenvalue weighted by molar-refractivity contribution is 5.60. The minimum absolute atomic E-state index is 0.0570. The van der Waals surface area contributed by atoms with E-state index >= 15 is 0 Å². The third-order valence-corrected chi connectivity index (χ3v) is 4.08. The molecule has 0 atom stereocenters. The molecule has 0 aliphatic heterocycles. The van der Waals surface area contributed by atoms with Gasteiger partial charge >= 0.3 is 0 Å². The summed E-state index contributed by atoms with van der Waals surface area (Å²) in [5, 5.41) is 12.0. The topological polar surface area (TPSA) is 69.6 Å². The molecule has 0 fully saturated rings. The normalized spacial score (nSPS) is 11.3. The van der Waals surface area contributed by atoms with Crippen LogP contribution < -0.4 is 0 Å². The van der Waals surface area contributed by atoms with Crippen molar-refractivity contribution < 1.29 is 13.3 Å². The quantitative estimate of drug-likeness (QED) is 0.535. The van der Waals surface area contributed by atoms with E-state index in [0.29, 0.717) is 11.4 Å². The van der Waals surface area contributed by atoms with Crippen LogP contribution >= 0.6 is 0 Å². The standard InChI is InChI=1S/C19H15F2N5O/c1-11(2)17-16(23-25-26(17)15-10-6-5-9-14(15)21)19-22-18(24-27-19)12-7-3-4-8-13(12)20/h3-11H,1-2H3. The van der Waals surface area contributed by atoms with Gasteiger partial charge in [-0.2, -0.15) is 4.98 Å². The molecule has 0 aliphatic carbocycles. The molecule has 0 saturated heterocycles. The van der Waals surface area contributed by atoms with Gasteiger partial charge in [-0.3, -0.25) is 0 Å². The molecule has 0 radical (unpaired) electrons. The van der Waals surface area contributed by atoms with Gasteiger partial charge in [0.05, 0.1) is 11.3 Å². The molecule has 2 aromatic heterocycles. The van der Waals surface area contributed by atoms with Crippen molar-refractivity contribution in [3.63, 3.8) is 0 Å². The number of hydrogen-bond acceptors (Lipinski definition) is 5. The molecule has 0 bridgehead atoms. The summed E-state index contributed by atoms with van der Waals surface area (Å²) in [6, 6.07) is 12.4. The first-order valence-electron chi connectivity index (χ1n) is 8.35. The van der Waals surface area contributed by atoms with E-state index in [9.17, 15) is 8.78 Å². The lowest BCUT2D eigenvalue weighted by atomic mass is 10.1. The van der Waals surface area contributed by atoms with E-state index in [2.05, 4.69) is 20.5 Å². The molecule has 2 heterocycles. The summed E-state index contributed by atoms with van der Waals surface area (Å²) in [6.45, 7) is 3.85. The molecule has 0 aliphatic rings. The van der Waals surface area contributed by atoms with Crippen molar-refractivity contribution in [2.24, 2.45) is 0 Å². The number of para-hydroxylation sites is 1. The van der Waals surface area contributed by atoms with Crippen LogP contribution in [-0.2, 0) is 0 Å². The average Bonchev–Trinajstić information content (AvgIpc) is 3.29. The van der Waals surface area contributed by atoms with E-state index < -0.39 is 11.6 Å². The van der Waals surface area contributed by atoms with Crippen LogP contribution in [0.4, 0.5) is 8.78 Å². The molecule has 0 saturated carbocycles. The van der Waals surface area contributed by atoms with Gasteiger partial charge < -0.3 is 4.52 Å². The summed E-state index contributed by atoms with van der Waals surface area (Å²) >= 11 is 0. The van der Waals surface area contributed by atoms with E-state index in [1.165, 1.54) is 16.8 Å². The number of rotatable bonds is 4. The summed E-state index contributed by atoms with van der Waals surface area (Å²) in [6.07, 6.45) is 0. The summed E-state index contributed by atoms with van der Waals surface area (Å²) in [5.41, 5.74) is 1.45. The molecule has 27 heavy (non-hydrogen) atoms. The van der Waals surface area contributed by atoms with Crippen molar-refractivity contribution in [1.29, 1.82) is 0 Å². The van der Waals surface area contributed by atoms with Crippen molar-refractivity contribution in [3.8, 4) is 28.7 Å². The van der Waals surface area contributed by atoms with Gasteiger partial charge in [0.15, 0.2) is 5.69 Å². The van der Waals surface area contributed by atoms with Crippen molar-refractivity contribution >= 4 is 0 Å². The Morgan fingerprint density at radius 3 is 2.37 bits per heavy atom. The largest absolute Gasteiger partial charge is 0.332 e. The van der Waals surface area contributed by atoms with Crippen molar-refractivity contribution in [2.45, 2.75) is 19.8 Å². The molecule has 0 N–H and O–H groups in total. The molecule has 136 valence electrons. The second-order valence-corrected chi connectivity index (χ2v) is 6.24. The number of benzene rings is 2. The number of aromatic nitrogens is 5. The van der Waals surface area contributed by atoms with E-state index in [1.807, 2.05) is 13.8 Å². The lowest BCUT2D eigenvalue weighted by molar-refractivity contribution is 0.430. The molecule has 0 spiro atoms. The third-order valence-electron chi connectivity index (χ3n) is 4.08. The average molecular weight is 367 g/mol. The Labute approximate surface area is 153 Å². The zero-order valence-electron chi connectivity index (χ0n) is 14.6. The lowest BCUT2D eigenvalue weighted by Crippen LogP contribution is -2.06. The van der Waals surface area contributed by atoms with E-state index in [0.717, 1.165) is 0 Å². The maximum absolute atomic E-state index is 14.2. The highest BCUT2D eigenvalue weighted by atomic mass is 19.1. The Hall–Kier alpha value is -3.42. The molecule has 0 unspecified atom stereocenters. The summed E-state index contributed by atoms with van der Waals surface area (Å²) in [5.74, 6) is -0.728. The van der Waals surface area contributed by atoms with Gasteiger partial charge in [-0.05, 0) is 30.2 Å². The molecule has 0 amide bonds. The van der Waals surface area contributed by atoms with Gasteiger partial charge in [-0.25, -0.2) is 13.5 Å². The first-order chi connectivity index (χ1) is 13.1. The van der Waals surface area contributed by atoms with Gasteiger partial charge in [-0.15, -0.1) is 5.10 Å². The van der Waals surface area contributed by atoms with Crippen LogP contribution in [0.15, 0.2) is 53.1 Å². The Balaban J connectivity index is 1.82. The first-order valence-corrected chi connectivity index (χ1v) is 8.35. The molecule has 4 rings (SSSR count). The minimum Gasteiger partial charge on any atom is -0.332 e. The van der Waals surface area contributed by atoms with Crippen molar-refractivity contribution in [1.82, 2.24) is 25.1 Å². The Bertz CT molecular complexity index is 1100. The van der Waals surface area contributed by atoms with E-state index in [4.69, 9.17) is 4.52 Å². The summed E-state index contributed by atoms with van der Waals surface area (Å²) in [4.78, 5) is 4.26. The Morgan fingerprint density at radius 1 is 0.963 bits per heavy atom. The minimum atomic E-state index is -0.455. The van der Waals surface area contributed by atoms with Gasteiger partial charge in [0, 0.05) is 0 Å². The highest BCUT2D eigenvalue weighted by Gasteiger charge is 2.25. The van der Waals surface area contributed by atoms with E-state index in [1.54, 1.807) is 36.4 Å². The smallest absolute Gasteiger partial charge is 0.280 e. The molecule has 4 aromatic rings. The lowest BCUT2D eigenvalue weighted by Gasteiger charge is -2.10. The van der Waals surface area contributed by atoms with Crippen LogP contribution in [0.1, 0.15) is 25.5 Å². The Kier molecular flexibility index (Phi) is 4.23. The van der Waals surface area contributed by atoms with Gasteiger partial charge in [0.2, 0.25) is 5.82 Å². The van der Waals surface area contributed by atoms with Gasteiger partial charge in [0.1, 0.15) is 17.3 Å². The molecule has 2 aromatic carbocycles. The zero-order valence-corrected chi connectivity index (χ0v) is 14.6.